The summed E-state index contributed by atoms with van der Waals surface area (Å²) in [6.45, 7) is 5.97. The molecule has 0 unspecified atom stereocenters. The van der Waals surface area contributed by atoms with Crippen LogP contribution in [0.4, 0.5) is 0 Å². The molecule has 1 rings (SSSR count). The van der Waals surface area contributed by atoms with Crippen LogP contribution < -0.4 is 0 Å². The van der Waals surface area contributed by atoms with E-state index in [1.54, 1.807) is 12.1 Å². The number of hydrogen-bond donors (Lipinski definition) is 1. The molecule has 0 saturated carbocycles. The summed E-state index contributed by atoms with van der Waals surface area (Å²) in [5, 5.41) is 9.27. The van der Waals surface area contributed by atoms with Crippen LogP contribution in [0.3, 0.4) is 0 Å². The van der Waals surface area contributed by atoms with Gasteiger partial charge in [-0.05, 0) is 29.2 Å². The molecule has 0 aliphatic carbocycles. The maximum absolute atomic E-state index is 10.6. The van der Waals surface area contributed by atoms with Gasteiger partial charge in [0.2, 0.25) is 6.29 Å². The van der Waals surface area contributed by atoms with Crippen LogP contribution in [0, 0.1) is 0 Å². The van der Waals surface area contributed by atoms with Gasteiger partial charge in [-0.3, -0.25) is 4.79 Å². The highest BCUT2D eigenvalue weighted by molar-refractivity contribution is 5.78. The van der Waals surface area contributed by atoms with Gasteiger partial charge in [0.05, 0.1) is 0 Å². The van der Waals surface area contributed by atoms with Crippen molar-refractivity contribution in [2.45, 2.75) is 26.2 Å². The van der Waals surface area contributed by atoms with E-state index < -0.39 is 0 Å². The van der Waals surface area contributed by atoms with E-state index in [2.05, 4.69) is 0 Å². The van der Waals surface area contributed by atoms with Crippen LogP contribution in [0.25, 0.3) is 0 Å². The molecule has 13 heavy (non-hydrogen) atoms. The second-order valence-corrected chi connectivity index (χ2v) is 4.08. The van der Waals surface area contributed by atoms with Crippen molar-refractivity contribution in [3.05, 3.63) is 29.3 Å². The maximum Gasteiger partial charge on any atom is 0.233 e. The van der Waals surface area contributed by atoms with Crippen LogP contribution in [0.5, 0.6) is 5.75 Å². The Morgan fingerprint density at radius 3 is 2.38 bits per heavy atom. The molecule has 1 radical (unpaired) electrons. The summed E-state index contributed by atoms with van der Waals surface area (Å²) in [4.78, 5) is 10.6. The average Bonchev–Trinajstić information content (AvgIpc) is 2.03. The minimum Gasteiger partial charge on any atom is -0.508 e. The number of hydrogen-bond acceptors (Lipinski definition) is 2. The smallest absolute Gasteiger partial charge is 0.233 e. The first-order chi connectivity index (χ1) is 5.95. The van der Waals surface area contributed by atoms with Gasteiger partial charge in [-0.25, -0.2) is 0 Å². The Morgan fingerprint density at radius 1 is 1.31 bits per heavy atom. The van der Waals surface area contributed by atoms with E-state index in [-0.39, 0.29) is 11.2 Å². The molecule has 1 aromatic carbocycles. The van der Waals surface area contributed by atoms with Crippen molar-refractivity contribution in [1.82, 2.24) is 0 Å². The number of carbonyl (C=O) groups excluding carboxylic acids is 1. The Hall–Kier alpha value is -1.31. The van der Waals surface area contributed by atoms with Crippen molar-refractivity contribution in [2.75, 3.05) is 0 Å². The maximum atomic E-state index is 10.6. The fourth-order valence-electron chi connectivity index (χ4n) is 1.24. The van der Waals surface area contributed by atoms with Gasteiger partial charge in [0.25, 0.3) is 0 Å². The third-order valence-corrected chi connectivity index (χ3v) is 1.92. The number of benzene rings is 1. The summed E-state index contributed by atoms with van der Waals surface area (Å²) in [5.74, 6) is 0.184. The first-order valence-electron chi connectivity index (χ1n) is 4.17. The molecule has 0 aliphatic heterocycles. The van der Waals surface area contributed by atoms with Crippen molar-refractivity contribution in [1.29, 1.82) is 0 Å². The van der Waals surface area contributed by atoms with Crippen molar-refractivity contribution in [2.24, 2.45) is 0 Å². The Labute approximate surface area is 78.2 Å². The second kappa shape index (κ2) is 3.21. The van der Waals surface area contributed by atoms with Gasteiger partial charge >= 0.3 is 0 Å². The second-order valence-electron chi connectivity index (χ2n) is 4.08. The van der Waals surface area contributed by atoms with Gasteiger partial charge in [-0.1, -0.05) is 20.8 Å². The van der Waals surface area contributed by atoms with E-state index in [4.69, 9.17) is 0 Å². The average molecular weight is 177 g/mol. The number of aromatic hydroxyl groups is 1. The van der Waals surface area contributed by atoms with Crippen molar-refractivity contribution < 1.29 is 9.90 Å². The van der Waals surface area contributed by atoms with E-state index in [9.17, 15) is 9.90 Å². The summed E-state index contributed by atoms with van der Waals surface area (Å²) in [5.41, 5.74) is 1.19. The minimum atomic E-state index is -0.147. The van der Waals surface area contributed by atoms with Gasteiger partial charge in [-0.15, -0.1) is 0 Å². The fourth-order valence-corrected chi connectivity index (χ4v) is 1.24. The highest BCUT2D eigenvalue weighted by Crippen LogP contribution is 2.27. The predicted molar refractivity (Wildman–Crippen MR) is 51.6 cm³/mol. The summed E-state index contributed by atoms with van der Waals surface area (Å²) in [6.07, 6.45) is 1.87. The standard InChI is InChI=1S/C11H13O2/c1-11(2,3)10-6-9(13)5-4-8(10)7-12/h4-6,13H,1-3H3. The van der Waals surface area contributed by atoms with E-state index >= 15 is 0 Å². The van der Waals surface area contributed by atoms with Crippen LogP contribution in [0.2, 0.25) is 0 Å². The van der Waals surface area contributed by atoms with Gasteiger partial charge in [0.15, 0.2) is 0 Å². The van der Waals surface area contributed by atoms with Gasteiger partial charge in [0.1, 0.15) is 5.75 Å². The molecule has 2 nitrogen and oxygen atoms in total. The lowest BCUT2D eigenvalue weighted by Gasteiger charge is -2.20. The monoisotopic (exact) mass is 177 g/mol. The molecule has 0 atom stereocenters. The highest BCUT2D eigenvalue weighted by atomic mass is 16.3. The molecule has 0 spiro atoms. The number of rotatable bonds is 1. The van der Waals surface area contributed by atoms with Gasteiger partial charge in [0, 0.05) is 5.56 Å². The largest absolute Gasteiger partial charge is 0.508 e. The topological polar surface area (TPSA) is 37.3 Å². The predicted octanol–water partition coefficient (Wildman–Crippen LogP) is 2.15. The molecular formula is C11H13O2. The van der Waals surface area contributed by atoms with Crippen molar-refractivity contribution in [3.8, 4) is 5.75 Å². The van der Waals surface area contributed by atoms with E-state index in [1.165, 1.54) is 6.07 Å². The van der Waals surface area contributed by atoms with Gasteiger partial charge < -0.3 is 5.11 Å². The summed E-state index contributed by atoms with van der Waals surface area (Å²) in [6, 6.07) is 4.69. The third kappa shape index (κ3) is 2.08. The van der Waals surface area contributed by atoms with Crippen LogP contribution >= 0.6 is 0 Å². The van der Waals surface area contributed by atoms with Crippen molar-refractivity contribution >= 4 is 6.29 Å². The Bertz CT molecular complexity index is 321. The molecule has 0 saturated heterocycles. The lowest BCUT2D eigenvalue weighted by atomic mass is 9.84. The molecule has 0 bridgehead atoms. The SMILES string of the molecule is CC(C)(C)c1cc(O)ccc1[C]=O. The lowest BCUT2D eigenvalue weighted by Crippen LogP contribution is -2.13. The summed E-state index contributed by atoms with van der Waals surface area (Å²) in [7, 11) is 0. The molecule has 0 fully saturated rings. The molecule has 0 heterocycles. The van der Waals surface area contributed by atoms with Crippen LogP contribution in [0.1, 0.15) is 31.9 Å². The Kier molecular flexibility index (Phi) is 2.41. The first-order valence-corrected chi connectivity index (χ1v) is 4.17. The fraction of sp³-hybridized carbons (Fsp3) is 0.364. The van der Waals surface area contributed by atoms with E-state index in [0.29, 0.717) is 5.56 Å². The van der Waals surface area contributed by atoms with Crippen LogP contribution in [0.15, 0.2) is 18.2 Å². The number of phenols is 1. The molecule has 0 aromatic heterocycles. The first kappa shape index (κ1) is 9.78. The molecule has 69 valence electrons. The zero-order valence-electron chi connectivity index (χ0n) is 8.09. The van der Waals surface area contributed by atoms with Crippen molar-refractivity contribution in [3.63, 3.8) is 0 Å². The molecular weight excluding hydrogens is 164 g/mol. The third-order valence-electron chi connectivity index (χ3n) is 1.92. The minimum absolute atomic E-state index is 0.147. The molecule has 2 heteroatoms. The van der Waals surface area contributed by atoms with Gasteiger partial charge in [-0.2, -0.15) is 0 Å². The zero-order chi connectivity index (χ0) is 10.1. The zero-order valence-corrected chi connectivity index (χ0v) is 8.09. The molecule has 1 N–H and O–H groups in total. The Morgan fingerprint density at radius 2 is 1.92 bits per heavy atom. The van der Waals surface area contributed by atoms with Crippen LogP contribution in [-0.2, 0) is 10.2 Å². The lowest BCUT2D eigenvalue weighted by molar-refractivity contribution is 0.470. The number of phenolic OH excluding ortho intramolecular Hbond substituents is 1. The molecule has 1 aromatic rings. The highest BCUT2D eigenvalue weighted by Gasteiger charge is 2.18. The summed E-state index contributed by atoms with van der Waals surface area (Å²) < 4.78 is 0. The quantitative estimate of drug-likeness (QED) is 0.713. The normalized spacial score (nSPS) is 11.3. The van der Waals surface area contributed by atoms with Crippen LogP contribution in [-0.4, -0.2) is 11.4 Å². The van der Waals surface area contributed by atoms with E-state index in [0.717, 1.165) is 5.56 Å². The molecule has 0 amide bonds. The summed E-state index contributed by atoms with van der Waals surface area (Å²) >= 11 is 0. The molecule has 0 aliphatic rings. The Balaban J connectivity index is 3.32. The van der Waals surface area contributed by atoms with E-state index in [1.807, 2.05) is 27.1 Å².